The van der Waals surface area contributed by atoms with E-state index in [-0.39, 0.29) is 11.7 Å². The molecule has 21 heavy (non-hydrogen) atoms. The number of rotatable bonds is 5. The fourth-order valence-corrected chi connectivity index (χ4v) is 1.78. The molecule has 0 aromatic carbocycles. The van der Waals surface area contributed by atoms with E-state index in [1.54, 1.807) is 11.8 Å². The highest BCUT2D eigenvalue weighted by atomic mass is 19.4. The average Bonchev–Trinajstić information content (AvgIpc) is 2.38. The molecule has 0 saturated carbocycles. The number of carbonyl (C=O) groups excluding carboxylic acids is 1. The second-order valence-corrected chi connectivity index (χ2v) is 4.37. The van der Waals surface area contributed by atoms with Crippen LogP contribution in [0.4, 0.5) is 24.9 Å². The van der Waals surface area contributed by atoms with Crippen molar-refractivity contribution >= 4 is 17.7 Å². The van der Waals surface area contributed by atoms with Crippen LogP contribution in [0.5, 0.6) is 0 Å². The van der Waals surface area contributed by atoms with Gasteiger partial charge in [-0.15, -0.1) is 0 Å². The lowest BCUT2D eigenvalue weighted by Gasteiger charge is -2.23. The fraction of sp³-hybridized carbons (Fsp3) is 0.583. The molecule has 3 N–H and O–H groups in total. The molecule has 0 bridgehead atoms. The molecule has 1 rings (SSSR count). The zero-order chi connectivity index (χ0) is 16.2. The van der Waals surface area contributed by atoms with Gasteiger partial charge in [0.1, 0.15) is 11.9 Å². The summed E-state index contributed by atoms with van der Waals surface area (Å²) in [6.07, 6.45) is -4.63. The molecule has 1 aromatic rings. The van der Waals surface area contributed by atoms with Gasteiger partial charge >= 0.3 is 6.18 Å². The molecule has 0 spiro atoms. The minimum Gasteiger partial charge on any atom is -0.368 e. The maximum atomic E-state index is 12.6. The van der Waals surface area contributed by atoms with Crippen molar-refractivity contribution in [1.29, 1.82) is 0 Å². The third-order valence-corrected chi connectivity index (χ3v) is 2.84. The van der Waals surface area contributed by atoms with Crippen LogP contribution in [0.25, 0.3) is 0 Å². The summed E-state index contributed by atoms with van der Waals surface area (Å²) in [7, 11) is 0. The number of aromatic nitrogens is 2. The highest BCUT2D eigenvalue weighted by Gasteiger charge is 2.33. The van der Waals surface area contributed by atoms with Gasteiger partial charge in [0.2, 0.25) is 11.9 Å². The number of hydrogen-bond acceptors (Lipinski definition) is 5. The van der Waals surface area contributed by atoms with Crippen LogP contribution in [-0.2, 0) is 11.0 Å². The van der Waals surface area contributed by atoms with Crippen molar-refractivity contribution in [2.45, 2.75) is 33.0 Å². The quantitative estimate of drug-likeness (QED) is 0.865. The van der Waals surface area contributed by atoms with Crippen LogP contribution >= 0.6 is 0 Å². The molecule has 6 nitrogen and oxygen atoms in total. The number of amides is 1. The summed E-state index contributed by atoms with van der Waals surface area (Å²) >= 11 is 0. The van der Waals surface area contributed by atoms with E-state index in [0.717, 1.165) is 6.07 Å². The number of hydrogen-bond donors (Lipinski definition) is 2. The summed E-state index contributed by atoms with van der Waals surface area (Å²) in [6.45, 7) is 6.21. The maximum absolute atomic E-state index is 12.6. The van der Waals surface area contributed by atoms with Gasteiger partial charge in [0, 0.05) is 19.2 Å². The summed E-state index contributed by atoms with van der Waals surface area (Å²) < 4.78 is 37.9. The lowest BCUT2D eigenvalue weighted by Crippen LogP contribution is -2.41. The highest BCUT2D eigenvalue weighted by Crippen LogP contribution is 2.29. The number of nitrogens with zero attached hydrogens (tertiary/aromatic N) is 3. The molecule has 1 heterocycles. The van der Waals surface area contributed by atoms with Crippen molar-refractivity contribution in [2.75, 3.05) is 24.1 Å². The zero-order valence-corrected chi connectivity index (χ0v) is 12.0. The van der Waals surface area contributed by atoms with Gasteiger partial charge in [0.25, 0.3) is 0 Å². The lowest BCUT2D eigenvalue weighted by molar-refractivity contribution is -0.141. The molecule has 9 heteroatoms. The first-order valence-corrected chi connectivity index (χ1v) is 6.46. The molecule has 0 aliphatic heterocycles. The average molecular weight is 305 g/mol. The fourth-order valence-electron chi connectivity index (χ4n) is 1.78. The SMILES string of the molecule is CCN(CC)C(=O)C(C)Nc1cc(C(F)(F)F)nc(N)n1. The van der Waals surface area contributed by atoms with Crippen LogP contribution in [0.3, 0.4) is 0 Å². The minimum absolute atomic E-state index is 0.136. The van der Waals surface area contributed by atoms with Gasteiger partial charge in [0.15, 0.2) is 5.69 Å². The predicted octanol–water partition coefficient (Wildman–Crippen LogP) is 1.75. The van der Waals surface area contributed by atoms with Crippen LogP contribution in [-0.4, -0.2) is 39.9 Å². The zero-order valence-electron chi connectivity index (χ0n) is 12.0. The van der Waals surface area contributed by atoms with Crippen LogP contribution in [0.15, 0.2) is 6.07 Å². The van der Waals surface area contributed by atoms with Crippen molar-refractivity contribution in [3.05, 3.63) is 11.8 Å². The Morgan fingerprint density at radius 3 is 2.43 bits per heavy atom. The van der Waals surface area contributed by atoms with Gasteiger partial charge in [0.05, 0.1) is 0 Å². The van der Waals surface area contributed by atoms with Crippen LogP contribution in [0.1, 0.15) is 26.5 Å². The van der Waals surface area contributed by atoms with Gasteiger partial charge in [-0.2, -0.15) is 18.2 Å². The summed E-state index contributed by atoms with van der Waals surface area (Å²) in [4.78, 5) is 20.4. The first kappa shape index (κ1) is 17.0. The summed E-state index contributed by atoms with van der Waals surface area (Å²) in [5, 5.41) is 2.62. The second-order valence-electron chi connectivity index (χ2n) is 4.37. The Labute approximate surface area is 120 Å². The Balaban J connectivity index is 2.93. The van der Waals surface area contributed by atoms with E-state index < -0.39 is 23.9 Å². The number of anilines is 2. The van der Waals surface area contributed by atoms with E-state index in [2.05, 4.69) is 15.3 Å². The van der Waals surface area contributed by atoms with Crippen LogP contribution in [0.2, 0.25) is 0 Å². The minimum atomic E-state index is -4.63. The number of nitrogens with two attached hydrogens (primary N) is 1. The normalized spacial score (nSPS) is 12.9. The highest BCUT2D eigenvalue weighted by molar-refractivity contribution is 5.84. The van der Waals surface area contributed by atoms with E-state index in [1.807, 2.05) is 13.8 Å². The largest absolute Gasteiger partial charge is 0.433 e. The first-order chi connectivity index (χ1) is 9.68. The molecule has 0 fully saturated rings. The standard InChI is InChI=1S/C12H18F3N5O/c1-4-20(5-2)10(21)7(3)17-9-6-8(12(13,14)15)18-11(16)19-9/h6-7H,4-5H2,1-3H3,(H3,16,17,18,19). The Morgan fingerprint density at radius 1 is 1.38 bits per heavy atom. The van der Waals surface area contributed by atoms with Gasteiger partial charge in [-0.1, -0.05) is 0 Å². The van der Waals surface area contributed by atoms with Crippen molar-refractivity contribution in [2.24, 2.45) is 0 Å². The molecule has 1 amide bonds. The molecule has 118 valence electrons. The van der Waals surface area contributed by atoms with E-state index >= 15 is 0 Å². The first-order valence-electron chi connectivity index (χ1n) is 6.46. The van der Waals surface area contributed by atoms with Crippen molar-refractivity contribution in [3.63, 3.8) is 0 Å². The molecule has 0 saturated heterocycles. The Kier molecular flexibility index (Phi) is 5.34. The van der Waals surface area contributed by atoms with Gasteiger partial charge < -0.3 is 16.0 Å². The summed E-state index contributed by atoms with van der Waals surface area (Å²) in [5.74, 6) is -0.872. The van der Waals surface area contributed by atoms with Crippen LogP contribution < -0.4 is 11.1 Å². The van der Waals surface area contributed by atoms with Crippen molar-refractivity contribution < 1.29 is 18.0 Å². The third kappa shape index (κ3) is 4.47. The van der Waals surface area contributed by atoms with E-state index in [4.69, 9.17) is 5.73 Å². The van der Waals surface area contributed by atoms with Gasteiger partial charge in [-0.05, 0) is 20.8 Å². The van der Waals surface area contributed by atoms with Crippen molar-refractivity contribution in [3.8, 4) is 0 Å². The number of carbonyl (C=O) groups is 1. The van der Waals surface area contributed by atoms with E-state index in [0.29, 0.717) is 13.1 Å². The molecule has 0 aliphatic carbocycles. The van der Waals surface area contributed by atoms with Gasteiger partial charge in [-0.25, -0.2) is 4.98 Å². The number of alkyl halides is 3. The Morgan fingerprint density at radius 2 is 1.95 bits per heavy atom. The van der Waals surface area contributed by atoms with Crippen LogP contribution in [0, 0.1) is 0 Å². The number of nitrogen functional groups attached to an aromatic ring is 1. The monoisotopic (exact) mass is 305 g/mol. The topological polar surface area (TPSA) is 84.1 Å². The molecule has 0 radical (unpaired) electrons. The molecular weight excluding hydrogens is 287 g/mol. The Hall–Kier alpha value is -2.06. The predicted molar refractivity (Wildman–Crippen MR) is 72.5 cm³/mol. The molecular formula is C12H18F3N5O. The van der Waals surface area contributed by atoms with E-state index in [1.165, 1.54) is 0 Å². The summed E-state index contributed by atoms with van der Waals surface area (Å²) in [5.41, 5.74) is 4.11. The third-order valence-electron chi connectivity index (χ3n) is 2.84. The van der Waals surface area contributed by atoms with Crippen molar-refractivity contribution in [1.82, 2.24) is 14.9 Å². The number of halogens is 3. The molecule has 1 unspecified atom stereocenters. The van der Waals surface area contributed by atoms with E-state index in [9.17, 15) is 18.0 Å². The molecule has 1 aromatic heterocycles. The number of nitrogens with one attached hydrogen (secondary N) is 1. The smallest absolute Gasteiger partial charge is 0.368 e. The summed E-state index contributed by atoms with van der Waals surface area (Å²) in [6, 6.07) is 0.00262. The maximum Gasteiger partial charge on any atom is 0.433 e. The second kappa shape index (κ2) is 6.59. The number of likely N-dealkylation sites (N-methyl/N-ethyl adjacent to an activating group) is 1. The molecule has 0 aliphatic rings. The lowest BCUT2D eigenvalue weighted by atomic mass is 10.2. The van der Waals surface area contributed by atoms with Gasteiger partial charge in [-0.3, -0.25) is 4.79 Å². The Bertz CT molecular complexity index is 502. The molecule has 1 atom stereocenters.